The van der Waals surface area contributed by atoms with Crippen molar-refractivity contribution in [2.75, 3.05) is 11.9 Å². The lowest BCUT2D eigenvalue weighted by molar-refractivity contribution is 0.637. The summed E-state index contributed by atoms with van der Waals surface area (Å²) in [4.78, 5) is 0. The van der Waals surface area contributed by atoms with Gasteiger partial charge in [-0.05, 0) is 34.5 Å². The van der Waals surface area contributed by atoms with Gasteiger partial charge in [-0.25, -0.2) is 0 Å². The molecule has 0 spiro atoms. The highest BCUT2D eigenvalue weighted by Gasteiger charge is 1.97. The Hall–Kier alpha value is -1.29. The van der Waals surface area contributed by atoms with Crippen LogP contribution in [0.25, 0.3) is 0 Å². The minimum absolute atomic E-state index is 0.861. The van der Waals surface area contributed by atoms with Crippen molar-refractivity contribution >= 4 is 21.6 Å². The molecule has 3 nitrogen and oxygen atoms in total. The molecule has 1 aromatic carbocycles. The van der Waals surface area contributed by atoms with Crippen LogP contribution in [0.15, 0.2) is 41.1 Å². The molecule has 0 atom stereocenters. The summed E-state index contributed by atoms with van der Waals surface area (Å²) in [5, 5.41) is 7.59. The number of para-hydroxylation sites is 1. The zero-order chi connectivity index (χ0) is 11.4. The Morgan fingerprint density at radius 3 is 2.88 bits per heavy atom. The minimum atomic E-state index is 0.861. The highest BCUT2D eigenvalue weighted by Crippen LogP contribution is 2.12. The number of nitrogens with one attached hydrogen (secondary N) is 1. The summed E-state index contributed by atoms with van der Waals surface area (Å²) in [6, 6.07) is 8.28. The number of halogens is 1. The Labute approximate surface area is 104 Å². The van der Waals surface area contributed by atoms with Crippen molar-refractivity contribution in [3.05, 3.63) is 46.7 Å². The molecule has 0 radical (unpaired) electrons. The molecule has 16 heavy (non-hydrogen) atoms. The van der Waals surface area contributed by atoms with E-state index in [1.807, 2.05) is 23.0 Å². The van der Waals surface area contributed by atoms with Crippen LogP contribution in [-0.4, -0.2) is 16.3 Å². The zero-order valence-corrected chi connectivity index (χ0v) is 10.7. The molecule has 2 aromatic rings. The lowest BCUT2D eigenvalue weighted by Gasteiger charge is -2.08. The summed E-state index contributed by atoms with van der Waals surface area (Å²) in [5.74, 6) is 0. The SMILES string of the molecule is Cc1ccccc1NCCn1cc(Br)cn1. The second-order valence-electron chi connectivity index (χ2n) is 3.66. The van der Waals surface area contributed by atoms with Crippen LogP contribution in [-0.2, 0) is 6.54 Å². The second-order valence-corrected chi connectivity index (χ2v) is 4.58. The number of hydrogen-bond donors (Lipinski definition) is 1. The van der Waals surface area contributed by atoms with Crippen molar-refractivity contribution < 1.29 is 0 Å². The lowest BCUT2D eigenvalue weighted by atomic mass is 10.2. The molecule has 1 heterocycles. The van der Waals surface area contributed by atoms with Crippen LogP contribution in [0.3, 0.4) is 0 Å². The van der Waals surface area contributed by atoms with Gasteiger partial charge in [0, 0.05) is 18.4 Å². The van der Waals surface area contributed by atoms with E-state index in [1.54, 1.807) is 6.20 Å². The van der Waals surface area contributed by atoms with Crippen molar-refractivity contribution in [2.24, 2.45) is 0 Å². The smallest absolute Gasteiger partial charge is 0.0632 e. The van der Waals surface area contributed by atoms with Gasteiger partial charge in [0.15, 0.2) is 0 Å². The van der Waals surface area contributed by atoms with Gasteiger partial charge in [0.25, 0.3) is 0 Å². The Balaban J connectivity index is 1.87. The average Bonchev–Trinajstić information content (AvgIpc) is 2.67. The van der Waals surface area contributed by atoms with E-state index < -0.39 is 0 Å². The van der Waals surface area contributed by atoms with E-state index in [4.69, 9.17) is 0 Å². The summed E-state index contributed by atoms with van der Waals surface area (Å²) in [5.41, 5.74) is 2.46. The van der Waals surface area contributed by atoms with Crippen LogP contribution in [0.4, 0.5) is 5.69 Å². The highest BCUT2D eigenvalue weighted by atomic mass is 79.9. The van der Waals surface area contributed by atoms with Crippen LogP contribution in [0.2, 0.25) is 0 Å². The van der Waals surface area contributed by atoms with Gasteiger partial charge >= 0.3 is 0 Å². The number of rotatable bonds is 4. The number of benzene rings is 1. The van der Waals surface area contributed by atoms with E-state index in [2.05, 4.69) is 45.4 Å². The predicted molar refractivity (Wildman–Crippen MR) is 69.6 cm³/mol. The average molecular weight is 280 g/mol. The van der Waals surface area contributed by atoms with E-state index in [9.17, 15) is 0 Å². The molecular weight excluding hydrogens is 266 g/mol. The monoisotopic (exact) mass is 279 g/mol. The molecule has 0 amide bonds. The van der Waals surface area contributed by atoms with Crippen LogP contribution < -0.4 is 5.32 Å². The van der Waals surface area contributed by atoms with Gasteiger partial charge in [0.1, 0.15) is 0 Å². The third-order valence-electron chi connectivity index (χ3n) is 2.40. The molecule has 0 saturated carbocycles. The zero-order valence-electron chi connectivity index (χ0n) is 9.15. The van der Waals surface area contributed by atoms with Crippen molar-refractivity contribution in [3.63, 3.8) is 0 Å². The van der Waals surface area contributed by atoms with Gasteiger partial charge in [-0.3, -0.25) is 4.68 Å². The molecule has 0 aliphatic rings. The van der Waals surface area contributed by atoms with E-state index in [0.29, 0.717) is 0 Å². The van der Waals surface area contributed by atoms with Gasteiger partial charge in [0.2, 0.25) is 0 Å². The van der Waals surface area contributed by atoms with Crippen LogP contribution in [0.1, 0.15) is 5.56 Å². The number of aromatic nitrogens is 2. The summed E-state index contributed by atoms with van der Waals surface area (Å²) in [6.45, 7) is 3.84. The first-order valence-electron chi connectivity index (χ1n) is 5.23. The highest BCUT2D eigenvalue weighted by molar-refractivity contribution is 9.10. The minimum Gasteiger partial charge on any atom is -0.383 e. The van der Waals surface area contributed by atoms with E-state index >= 15 is 0 Å². The molecule has 0 unspecified atom stereocenters. The Morgan fingerprint density at radius 2 is 2.19 bits per heavy atom. The van der Waals surface area contributed by atoms with Crippen LogP contribution in [0, 0.1) is 6.92 Å². The molecule has 4 heteroatoms. The fourth-order valence-electron chi connectivity index (χ4n) is 1.54. The first-order chi connectivity index (χ1) is 7.75. The summed E-state index contributed by atoms with van der Waals surface area (Å²) < 4.78 is 2.93. The van der Waals surface area contributed by atoms with Crippen molar-refractivity contribution in [3.8, 4) is 0 Å². The summed E-state index contributed by atoms with van der Waals surface area (Å²) in [6.07, 6.45) is 3.77. The van der Waals surface area contributed by atoms with Gasteiger partial charge in [0.05, 0.1) is 17.2 Å². The number of hydrogen-bond acceptors (Lipinski definition) is 2. The standard InChI is InChI=1S/C12H14BrN3/c1-10-4-2-3-5-12(10)14-6-7-16-9-11(13)8-15-16/h2-5,8-9,14H,6-7H2,1H3. The molecule has 0 aliphatic heterocycles. The lowest BCUT2D eigenvalue weighted by Crippen LogP contribution is -2.11. The summed E-state index contributed by atoms with van der Waals surface area (Å²) in [7, 11) is 0. The van der Waals surface area contributed by atoms with E-state index in [-0.39, 0.29) is 0 Å². The molecule has 2 rings (SSSR count). The fourth-order valence-corrected chi connectivity index (χ4v) is 1.86. The molecule has 0 aliphatic carbocycles. The Morgan fingerprint density at radius 1 is 1.38 bits per heavy atom. The van der Waals surface area contributed by atoms with E-state index in [1.165, 1.54) is 11.3 Å². The molecular formula is C12H14BrN3. The number of anilines is 1. The molecule has 1 aromatic heterocycles. The largest absolute Gasteiger partial charge is 0.383 e. The van der Waals surface area contributed by atoms with Crippen molar-refractivity contribution in [1.82, 2.24) is 9.78 Å². The first-order valence-corrected chi connectivity index (χ1v) is 6.02. The van der Waals surface area contributed by atoms with Crippen molar-refractivity contribution in [1.29, 1.82) is 0 Å². The van der Waals surface area contributed by atoms with Gasteiger partial charge in [-0.2, -0.15) is 5.10 Å². The maximum Gasteiger partial charge on any atom is 0.0632 e. The molecule has 0 bridgehead atoms. The molecule has 1 N–H and O–H groups in total. The number of nitrogens with zero attached hydrogens (tertiary/aromatic N) is 2. The maximum absolute atomic E-state index is 4.20. The Kier molecular flexibility index (Phi) is 3.62. The van der Waals surface area contributed by atoms with Gasteiger partial charge in [-0.15, -0.1) is 0 Å². The quantitative estimate of drug-likeness (QED) is 0.932. The van der Waals surface area contributed by atoms with Gasteiger partial charge in [-0.1, -0.05) is 18.2 Å². The molecule has 0 saturated heterocycles. The summed E-state index contributed by atoms with van der Waals surface area (Å²) >= 11 is 3.38. The predicted octanol–water partition coefficient (Wildman–Crippen LogP) is 3.07. The first kappa shape index (κ1) is 11.2. The van der Waals surface area contributed by atoms with E-state index in [0.717, 1.165) is 17.6 Å². The Bertz CT molecular complexity index is 465. The maximum atomic E-state index is 4.20. The molecule has 0 fully saturated rings. The van der Waals surface area contributed by atoms with Crippen molar-refractivity contribution in [2.45, 2.75) is 13.5 Å². The number of aryl methyl sites for hydroxylation is 1. The molecule has 84 valence electrons. The topological polar surface area (TPSA) is 29.9 Å². The van der Waals surface area contributed by atoms with Crippen LogP contribution >= 0.6 is 15.9 Å². The third kappa shape index (κ3) is 2.85. The van der Waals surface area contributed by atoms with Gasteiger partial charge < -0.3 is 5.32 Å². The fraction of sp³-hybridized carbons (Fsp3) is 0.250. The normalized spacial score (nSPS) is 10.4. The van der Waals surface area contributed by atoms with Crippen LogP contribution in [0.5, 0.6) is 0 Å². The third-order valence-corrected chi connectivity index (χ3v) is 2.81. The second kappa shape index (κ2) is 5.16.